The molecule has 4 nitrogen and oxygen atoms in total. The second kappa shape index (κ2) is 5.61. The van der Waals surface area contributed by atoms with E-state index in [1.807, 2.05) is 0 Å². The molecule has 1 atom stereocenters. The first-order valence-corrected chi connectivity index (χ1v) is 5.14. The third-order valence-corrected chi connectivity index (χ3v) is 2.43. The van der Waals surface area contributed by atoms with Crippen LogP contribution in [0.1, 0.15) is 6.92 Å². The maximum atomic E-state index is 11.2. The van der Waals surface area contributed by atoms with E-state index >= 15 is 0 Å². The molecule has 0 fully saturated rings. The van der Waals surface area contributed by atoms with Gasteiger partial charge in [-0.1, -0.05) is 11.6 Å². The molecule has 1 rings (SSSR count). The van der Waals surface area contributed by atoms with E-state index in [1.54, 1.807) is 32.2 Å². The van der Waals surface area contributed by atoms with Crippen molar-refractivity contribution in [2.75, 3.05) is 19.5 Å². The highest BCUT2D eigenvalue weighted by Crippen LogP contribution is 2.27. The summed E-state index contributed by atoms with van der Waals surface area (Å²) >= 11 is 5.97. The molecule has 0 saturated heterocycles. The lowest BCUT2D eigenvalue weighted by molar-refractivity contribution is -0.141. The summed E-state index contributed by atoms with van der Waals surface area (Å²) in [4.78, 5) is 11.2. The van der Waals surface area contributed by atoms with Crippen LogP contribution in [0.15, 0.2) is 18.2 Å². The minimum atomic E-state index is -0.463. The predicted octanol–water partition coefficient (Wildman–Crippen LogP) is 2.32. The standard InChI is InChI=1S/C11H14ClNO3/c1-7(11(14)16-3)13-10-6-8(15-2)4-5-9(10)12/h4-7,13H,1-3H3. The summed E-state index contributed by atoms with van der Waals surface area (Å²) < 4.78 is 9.67. The number of esters is 1. The highest BCUT2D eigenvalue weighted by Gasteiger charge is 2.14. The molecule has 16 heavy (non-hydrogen) atoms. The molecule has 0 amide bonds. The van der Waals surface area contributed by atoms with E-state index in [4.69, 9.17) is 16.3 Å². The summed E-state index contributed by atoms with van der Waals surface area (Å²) in [6, 6.07) is 4.71. The zero-order valence-corrected chi connectivity index (χ0v) is 10.2. The highest BCUT2D eigenvalue weighted by atomic mass is 35.5. The Labute approximate surface area is 99.5 Å². The number of carbonyl (C=O) groups is 1. The van der Waals surface area contributed by atoms with Crippen LogP contribution in [0.4, 0.5) is 5.69 Å². The lowest BCUT2D eigenvalue weighted by Crippen LogP contribution is -2.27. The van der Waals surface area contributed by atoms with Crippen LogP contribution in [-0.2, 0) is 9.53 Å². The maximum Gasteiger partial charge on any atom is 0.327 e. The molecule has 0 radical (unpaired) electrons. The highest BCUT2D eigenvalue weighted by molar-refractivity contribution is 6.33. The van der Waals surface area contributed by atoms with E-state index < -0.39 is 6.04 Å². The van der Waals surface area contributed by atoms with Gasteiger partial charge in [0.2, 0.25) is 0 Å². The van der Waals surface area contributed by atoms with Crippen LogP contribution in [0.5, 0.6) is 5.75 Å². The first-order chi connectivity index (χ1) is 7.58. The summed E-state index contributed by atoms with van der Waals surface area (Å²) in [5.74, 6) is 0.322. The number of anilines is 1. The molecule has 0 bridgehead atoms. The molecule has 0 aromatic heterocycles. The lowest BCUT2D eigenvalue weighted by atomic mass is 10.2. The molecule has 0 saturated carbocycles. The maximum absolute atomic E-state index is 11.2. The van der Waals surface area contributed by atoms with E-state index in [-0.39, 0.29) is 5.97 Å². The van der Waals surface area contributed by atoms with Gasteiger partial charge >= 0.3 is 5.97 Å². The van der Waals surface area contributed by atoms with Crippen molar-refractivity contribution in [3.8, 4) is 5.75 Å². The van der Waals surface area contributed by atoms with Crippen LogP contribution in [0.25, 0.3) is 0 Å². The summed E-state index contributed by atoms with van der Waals surface area (Å²) in [5, 5.41) is 3.47. The SMILES string of the molecule is COC(=O)C(C)Nc1cc(OC)ccc1Cl. The number of halogens is 1. The molecule has 0 aliphatic heterocycles. The number of hydrogen-bond donors (Lipinski definition) is 1. The Bertz CT molecular complexity index is 381. The van der Waals surface area contributed by atoms with Gasteiger partial charge in [-0.3, -0.25) is 0 Å². The fraction of sp³-hybridized carbons (Fsp3) is 0.364. The molecule has 0 aliphatic carbocycles. The van der Waals surface area contributed by atoms with Crippen molar-refractivity contribution in [3.63, 3.8) is 0 Å². The Kier molecular flexibility index (Phi) is 4.43. The Morgan fingerprint density at radius 1 is 1.44 bits per heavy atom. The largest absolute Gasteiger partial charge is 0.497 e. The van der Waals surface area contributed by atoms with Gasteiger partial charge in [0, 0.05) is 6.07 Å². The molecule has 1 N–H and O–H groups in total. The van der Waals surface area contributed by atoms with Crippen LogP contribution < -0.4 is 10.1 Å². The molecular weight excluding hydrogens is 230 g/mol. The van der Waals surface area contributed by atoms with E-state index in [1.165, 1.54) is 7.11 Å². The van der Waals surface area contributed by atoms with Crippen LogP contribution >= 0.6 is 11.6 Å². The summed E-state index contributed by atoms with van der Waals surface area (Å²) in [6.45, 7) is 1.70. The molecule has 1 aromatic rings. The Morgan fingerprint density at radius 2 is 2.12 bits per heavy atom. The number of ether oxygens (including phenoxy) is 2. The smallest absolute Gasteiger partial charge is 0.327 e. The molecule has 0 aliphatic rings. The van der Waals surface area contributed by atoms with Crippen molar-refractivity contribution in [2.45, 2.75) is 13.0 Å². The molecule has 5 heteroatoms. The van der Waals surface area contributed by atoms with Crippen LogP contribution in [0.3, 0.4) is 0 Å². The van der Waals surface area contributed by atoms with Gasteiger partial charge in [-0.2, -0.15) is 0 Å². The van der Waals surface area contributed by atoms with Gasteiger partial charge in [0.1, 0.15) is 11.8 Å². The first kappa shape index (κ1) is 12.6. The van der Waals surface area contributed by atoms with Crippen LogP contribution in [0, 0.1) is 0 Å². The number of carbonyl (C=O) groups excluding carboxylic acids is 1. The number of benzene rings is 1. The monoisotopic (exact) mass is 243 g/mol. The first-order valence-electron chi connectivity index (χ1n) is 4.76. The van der Waals surface area contributed by atoms with Gasteiger partial charge in [-0.25, -0.2) is 4.79 Å². The fourth-order valence-electron chi connectivity index (χ4n) is 1.21. The van der Waals surface area contributed by atoms with Crippen molar-refractivity contribution < 1.29 is 14.3 Å². The van der Waals surface area contributed by atoms with Gasteiger partial charge in [0.05, 0.1) is 24.9 Å². The number of rotatable bonds is 4. The van der Waals surface area contributed by atoms with E-state index in [2.05, 4.69) is 10.1 Å². The Morgan fingerprint density at radius 3 is 2.69 bits per heavy atom. The van der Waals surface area contributed by atoms with Crippen molar-refractivity contribution in [3.05, 3.63) is 23.2 Å². The topological polar surface area (TPSA) is 47.6 Å². The minimum Gasteiger partial charge on any atom is -0.497 e. The third kappa shape index (κ3) is 3.03. The second-order valence-corrected chi connectivity index (χ2v) is 3.64. The molecule has 1 aromatic carbocycles. The number of nitrogens with one attached hydrogen (secondary N) is 1. The molecule has 88 valence electrons. The summed E-state index contributed by atoms with van der Waals surface area (Å²) in [6.07, 6.45) is 0. The van der Waals surface area contributed by atoms with E-state index in [0.717, 1.165) is 0 Å². The average Bonchev–Trinajstić information content (AvgIpc) is 2.30. The summed E-state index contributed by atoms with van der Waals surface area (Å²) in [7, 11) is 2.91. The van der Waals surface area contributed by atoms with Crippen molar-refractivity contribution in [2.24, 2.45) is 0 Å². The zero-order chi connectivity index (χ0) is 12.1. The van der Waals surface area contributed by atoms with Gasteiger partial charge in [0.15, 0.2) is 0 Å². The van der Waals surface area contributed by atoms with Gasteiger partial charge in [-0.05, 0) is 19.1 Å². The van der Waals surface area contributed by atoms with Crippen LogP contribution in [-0.4, -0.2) is 26.2 Å². The molecular formula is C11H14ClNO3. The molecule has 0 spiro atoms. The summed E-state index contributed by atoms with van der Waals surface area (Å²) in [5.41, 5.74) is 0.638. The second-order valence-electron chi connectivity index (χ2n) is 3.23. The fourth-order valence-corrected chi connectivity index (χ4v) is 1.38. The Balaban J connectivity index is 2.83. The lowest BCUT2D eigenvalue weighted by Gasteiger charge is -2.14. The molecule has 0 heterocycles. The van der Waals surface area contributed by atoms with Crippen molar-refractivity contribution in [1.82, 2.24) is 0 Å². The Hall–Kier alpha value is -1.42. The van der Waals surface area contributed by atoms with Crippen LogP contribution in [0.2, 0.25) is 5.02 Å². The zero-order valence-electron chi connectivity index (χ0n) is 9.41. The van der Waals surface area contributed by atoms with Gasteiger partial charge < -0.3 is 14.8 Å². The predicted molar refractivity (Wildman–Crippen MR) is 63.1 cm³/mol. The van der Waals surface area contributed by atoms with Crippen molar-refractivity contribution in [1.29, 1.82) is 0 Å². The van der Waals surface area contributed by atoms with E-state index in [0.29, 0.717) is 16.5 Å². The van der Waals surface area contributed by atoms with E-state index in [9.17, 15) is 4.79 Å². The van der Waals surface area contributed by atoms with Gasteiger partial charge in [0.25, 0.3) is 0 Å². The number of hydrogen-bond acceptors (Lipinski definition) is 4. The average molecular weight is 244 g/mol. The minimum absolute atomic E-state index is 0.348. The number of methoxy groups -OCH3 is 2. The van der Waals surface area contributed by atoms with Crippen molar-refractivity contribution >= 4 is 23.3 Å². The third-order valence-electron chi connectivity index (χ3n) is 2.10. The molecule has 1 unspecified atom stereocenters. The normalized spacial score (nSPS) is 11.8. The quantitative estimate of drug-likeness (QED) is 0.825. The van der Waals surface area contributed by atoms with Gasteiger partial charge in [-0.15, -0.1) is 0 Å².